The van der Waals surface area contributed by atoms with Gasteiger partial charge in [-0.15, -0.1) is 12.4 Å². The summed E-state index contributed by atoms with van der Waals surface area (Å²) in [6.45, 7) is 7.57. The molecule has 1 aliphatic rings. The summed E-state index contributed by atoms with van der Waals surface area (Å²) in [7, 11) is 2.02. The van der Waals surface area contributed by atoms with Gasteiger partial charge < -0.3 is 10.6 Å². The lowest BCUT2D eigenvalue weighted by atomic mass is 10.2. The van der Waals surface area contributed by atoms with Crippen molar-refractivity contribution < 1.29 is 4.79 Å². The Bertz CT molecular complexity index is 205. The maximum atomic E-state index is 11.5. The van der Waals surface area contributed by atoms with Gasteiger partial charge in [-0.25, -0.2) is 0 Å². The Balaban J connectivity index is 0.00000225. The molecule has 96 valence electrons. The van der Waals surface area contributed by atoms with E-state index in [0.29, 0.717) is 18.5 Å². The molecule has 0 radical (unpaired) electrons. The Morgan fingerprint density at radius 1 is 1.56 bits per heavy atom. The molecule has 1 aliphatic heterocycles. The van der Waals surface area contributed by atoms with Crippen LogP contribution in [0.3, 0.4) is 0 Å². The van der Waals surface area contributed by atoms with Gasteiger partial charge in [-0.05, 0) is 25.9 Å². The number of carbonyl (C=O) groups is 1. The van der Waals surface area contributed by atoms with E-state index in [-0.39, 0.29) is 18.3 Å². The number of carbonyl (C=O) groups excluding carboxylic acids is 1. The van der Waals surface area contributed by atoms with Crippen molar-refractivity contribution in [1.82, 2.24) is 15.5 Å². The average molecular weight is 250 g/mol. The molecule has 0 spiro atoms. The van der Waals surface area contributed by atoms with Crippen molar-refractivity contribution in [3.05, 3.63) is 0 Å². The summed E-state index contributed by atoms with van der Waals surface area (Å²) in [6.07, 6.45) is 1.15. The minimum atomic E-state index is 0. The van der Waals surface area contributed by atoms with Crippen LogP contribution >= 0.6 is 12.4 Å². The van der Waals surface area contributed by atoms with Gasteiger partial charge in [0.15, 0.2) is 0 Å². The third-order valence-electron chi connectivity index (χ3n) is 2.76. The van der Waals surface area contributed by atoms with Gasteiger partial charge in [-0.1, -0.05) is 13.8 Å². The second kappa shape index (κ2) is 7.87. The Labute approximate surface area is 105 Å². The highest BCUT2D eigenvalue weighted by Gasteiger charge is 2.20. The summed E-state index contributed by atoms with van der Waals surface area (Å²) in [6, 6.07) is 0.523. The lowest BCUT2D eigenvalue weighted by molar-refractivity contribution is -0.122. The van der Waals surface area contributed by atoms with Gasteiger partial charge in [-0.3, -0.25) is 9.69 Å². The summed E-state index contributed by atoms with van der Waals surface area (Å²) in [5.74, 6) is 0.658. The van der Waals surface area contributed by atoms with Crippen LogP contribution in [-0.2, 0) is 4.79 Å². The number of nitrogens with one attached hydrogen (secondary N) is 2. The minimum absolute atomic E-state index is 0. The van der Waals surface area contributed by atoms with Gasteiger partial charge in [0.05, 0.1) is 6.54 Å². The quantitative estimate of drug-likeness (QED) is 0.745. The number of halogens is 1. The van der Waals surface area contributed by atoms with E-state index in [1.54, 1.807) is 0 Å². The third-order valence-corrected chi connectivity index (χ3v) is 2.76. The van der Waals surface area contributed by atoms with Gasteiger partial charge in [0.25, 0.3) is 0 Å². The van der Waals surface area contributed by atoms with Crippen LogP contribution in [0.1, 0.15) is 20.3 Å². The van der Waals surface area contributed by atoms with E-state index in [2.05, 4.69) is 29.4 Å². The minimum Gasteiger partial charge on any atom is -0.355 e. The fourth-order valence-corrected chi connectivity index (χ4v) is 1.75. The SMILES string of the molecule is CC(C)CNC(=O)CN(C)C1CCNC1.Cl. The standard InChI is InChI=1S/C11H23N3O.ClH/c1-9(2)6-13-11(15)8-14(3)10-4-5-12-7-10;/h9-10,12H,4-8H2,1-3H3,(H,13,15);1H. The van der Waals surface area contributed by atoms with Gasteiger partial charge in [0.2, 0.25) is 5.91 Å². The highest BCUT2D eigenvalue weighted by molar-refractivity contribution is 5.85. The van der Waals surface area contributed by atoms with Crippen LogP contribution < -0.4 is 10.6 Å². The van der Waals surface area contributed by atoms with Crippen molar-refractivity contribution in [3.63, 3.8) is 0 Å². The number of hydrogen-bond acceptors (Lipinski definition) is 3. The van der Waals surface area contributed by atoms with Crippen molar-refractivity contribution >= 4 is 18.3 Å². The first-order valence-corrected chi connectivity index (χ1v) is 5.77. The van der Waals surface area contributed by atoms with Crippen molar-refractivity contribution in [3.8, 4) is 0 Å². The average Bonchev–Trinajstić information content (AvgIpc) is 2.67. The van der Waals surface area contributed by atoms with Crippen LogP contribution in [0.15, 0.2) is 0 Å². The maximum absolute atomic E-state index is 11.5. The molecule has 1 atom stereocenters. The van der Waals surface area contributed by atoms with E-state index < -0.39 is 0 Å². The van der Waals surface area contributed by atoms with Crippen molar-refractivity contribution in [2.75, 3.05) is 33.2 Å². The monoisotopic (exact) mass is 249 g/mol. The molecule has 0 aromatic rings. The van der Waals surface area contributed by atoms with Crippen LogP contribution in [0.25, 0.3) is 0 Å². The molecule has 1 saturated heterocycles. The molecule has 1 rings (SSSR count). The Hall–Kier alpha value is -0.320. The second-order valence-electron chi connectivity index (χ2n) is 4.76. The van der Waals surface area contributed by atoms with E-state index in [1.807, 2.05) is 7.05 Å². The molecule has 0 aromatic heterocycles. The van der Waals surface area contributed by atoms with E-state index in [0.717, 1.165) is 26.1 Å². The molecule has 5 heteroatoms. The number of likely N-dealkylation sites (N-methyl/N-ethyl adjacent to an activating group) is 1. The van der Waals surface area contributed by atoms with Crippen LogP contribution in [0.4, 0.5) is 0 Å². The number of nitrogens with zero attached hydrogens (tertiary/aromatic N) is 1. The third kappa shape index (κ3) is 5.68. The summed E-state index contributed by atoms with van der Waals surface area (Å²) in [5, 5.41) is 6.24. The van der Waals surface area contributed by atoms with E-state index in [9.17, 15) is 4.79 Å². The number of rotatable bonds is 5. The molecule has 1 unspecified atom stereocenters. The molecule has 1 amide bonds. The normalized spacial score (nSPS) is 19.9. The predicted molar refractivity (Wildman–Crippen MR) is 69.0 cm³/mol. The molecule has 1 fully saturated rings. The first-order valence-electron chi connectivity index (χ1n) is 5.77. The summed E-state index contributed by atoms with van der Waals surface area (Å²) >= 11 is 0. The fraction of sp³-hybridized carbons (Fsp3) is 0.909. The maximum Gasteiger partial charge on any atom is 0.234 e. The smallest absolute Gasteiger partial charge is 0.234 e. The number of amides is 1. The summed E-state index contributed by atoms with van der Waals surface area (Å²) < 4.78 is 0. The summed E-state index contributed by atoms with van der Waals surface area (Å²) in [4.78, 5) is 13.7. The zero-order chi connectivity index (χ0) is 11.3. The van der Waals surface area contributed by atoms with Crippen LogP contribution in [-0.4, -0.2) is 50.1 Å². The van der Waals surface area contributed by atoms with E-state index in [4.69, 9.17) is 0 Å². The lowest BCUT2D eigenvalue weighted by Crippen LogP contribution is -2.42. The van der Waals surface area contributed by atoms with E-state index in [1.165, 1.54) is 0 Å². The first kappa shape index (κ1) is 15.7. The zero-order valence-corrected chi connectivity index (χ0v) is 11.3. The lowest BCUT2D eigenvalue weighted by Gasteiger charge is -2.22. The van der Waals surface area contributed by atoms with Gasteiger partial charge >= 0.3 is 0 Å². The van der Waals surface area contributed by atoms with Crippen molar-refractivity contribution in [2.45, 2.75) is 26.3 Å². The molecule has 4 nitrogen and oxygen atoms in total. The van der Waals surface area contributed by atoms with Crippen molar-refractivity contribution in [2.24, 2.45) is 5.92 Å². The van der Waals surface area contributed by atoms with Gasteiger partial charge in [-0.2, -0.15) is 0 Å². The molecule has 0 saturated carbocycles. The first-order chi connectivity index (χ1) is 7.09. The Morgan fingerprint density at radius 2 is 2.25 bits per heavy atom. The molecule has 16 heavy (non-hydrogen) atoms. The predicted octanol–water partition coefficient (Wildman–Crippen LogP) is 0.474. The second-order valence-corrected chi connectivity index (χ2v) is 4.76. The molecule has 1 heterocycles. The fourth-order valence-electron chi connectivity index (χ4n) is 1.75. The largest absolute Gasteiger partial charge is 0.355 e. The molecule has 2 N–H and O–H groups in total. The van der Waals surface area contributed by atoms with Gasteiger partial charge in [0.1, 0.15) is 0 Å². The Kier molecular flexibility index (Phi) is 7.72. The van der Waals surface area contributed by atoms with Gasteiger partial charge in [0, 0.05) is 19.1 Å². The zero-order valence-electron chi connectivity index (χ0n) is 10.5. The highest BCUT2D eigenvalue weighted by Crippen LogP contribution is 2.05. The van der Waals surface area contributed by atoms with Crippen LogP contribution in [0.5, 0.6) is 0 Å². The Morgan fingerprint density at radius 3 is 2.75 bits per heavy atom. The van der Waals surface area contributed by atoms with Crippen LogP contribution in [0, 0.1) is 5.92 Å². The molecular weight excluding hydrogens is 226 g/mol. The van der Waals surface area contributed by atoms with E-state index >= 15 is 0 Å². The number of hydrogen-bond donors (Lipinski definition) is 2. The van der Waals surface area contributed by atoms with Crippen molar-refractivity contribution in [1.29, 1.82) is 0 Å². The van der Waals surface area contributed by atoms with Crippen LogP contribution in [0.2, 0.25) is 0 Å². The highest BCUT2D eigenvalue weighted by atomic mass is 35.5. The molecular formula is C11H24ClN3O. The molecule has 0 bridgehead atoms. The summed E-state index contributed by atoms with van der Waals surface area (Å²) in [5.41, 5.74) is 0. The molecule has 0 aliphatic carbocycles. The molecule has 0 aromatic carbocycles. The topological polar surface area (TPSA) is 44.4 Å².